The number of nitrogens with zero attached hydrogens (tertiary/aromatic N) is 4. The summed E-state index contributed by atoms with van der Waals surface area (Å²) in [5.74, 6) is 0.695. The molecule has 3 heterocycles. The quantitative estimate of drug-likeness (QED) is 0.797. The summed E-state index contributed by atoms with van der Waals surface area (Å²) in [4.78, 5) is 33.5. The Bertz CT molecular complexity index is 826. The number of hydrogen-bond acceptors (Lipinski definition) is 3. The van der Waals surface area contributed by atoms with Crippen LogP contribution in [-0.4, -0.2) is 51.3 Å². The minimum Gasteiger partial charge on any atom is -0.341 e. The Hall–Kier alpha value is -2.63. The normalized spacial score (nSPS) is 19.9. The van der Waals surface area contributed by atoms with Crippen LogP contribution in [0, 0.1) is 6.92 Å². The first-order chi connectivity index (χ1) is 11.5. The average Bonchev–Trinajstić information content (AvgIpc) is 2.96. The summed E-state index contributed by atoms with van der Waals surface area (Å²) in [6.45, 7) is 4.38. The number of carbonyl (C=O) groups is 2. The maximum absolute atomic E-state index is 13.1. The second-order valence-electron chi connectivity index (χ2n) is 6.58. The fourth-order valence-electron chi connectivity index (χ4n) is 3.67. The molecule has 24 heavy (non-hydrogen) atoms. The van der Waals surface area contributed by atoms with Gasteiger partial charge in [-0.3, -0.25) is 9.59 Å². The van der Waals surface area contributed by atoms with E-state index in [0.29, 0.717) is 25.2 Å². The van der Waals surface area contributed by atoms with Crippen LogP contribution in [0.15, 0.2) is 30.5 Å². The maximum Gasteiger partial charge on any atom is 0.253 e. The molecule has 0 bridgehead atoms. The second-order valence-corrected chi connectivity index (χ2v) is 6.58. The van der Waals surface area contributed by atoms with E-state index in [1.54, 1.807) is 18.0 Å². The van der Waals surface area contributed by atoms with Gasteiger partial charge in [-0.05, 0) is 18.6 Å². The van der Waals surface area contributed by atoms with Gasteiger partial charge in [0, 0.05) is 38.4 Å². The third-order valence-electron chi connectivity index (χ3n) is 4.90. The molecule has 2 amide bonds. The number of fused-ring (bicyclic) bond motifs is 2. The number of benzene rings is 1. The zero-order chi connectivity index (χ0) is 16.8. The SMILES string of the molecule is Cc1cn2c(n1)CN(C(=O)C1CN(C)C(=O)c3ccccc31)CC2. The molecule has 2 aromatic rings. The molecule has 1 aromatic carbocycles. The van der Waals surface area contributed by atoms with Gasteiger partial charge in [-0.1, -0.05) is 18.2 Å². The van der Waals surface area contributed by atoms with Crippen LogP contribution in [0.2, 0.25) is 0 Å². The van der Waals surface area contributed by atoms with Crippen LogP contribution in [0.25, 0.3) is 0 Å². The summed E-state index contributed by atoms with van der Waals surface area (Å²) in [5, 5.41) is 0. The topological polar surface area (TPSA) is 58.4 Å². The van der Waals surface area contributed by atoms with Crippen molar-refractivity contribution in [1.82, 2.24) is 19.4 Å². The van der Waals surface area contributed by atoms with Crippen LogP contribution in [0.5, 0.6) is 0 Å². The first kappa shape index (κ1) is 14.9. The van der Waals surface area contributed by atoms with E-state index in [2.05, 4.69) is 9.55 Å². The number of aryl methyl sites for hydroxylation is 1. The van der Waals surface area contributed by atoms with E-state index in [1.807, 2.05) is 36.2 Å². The highest BCUT2D eigenvalue weighted by molar-refractivity contribution is 6.00. The number of likely N-dealkylation sites (N-methyl/N-ethyl adjacent to an activating group) is 1. The Kier molecular flexibility index (Phi) is 3.40. The minimum absolute atomic E-state index is 0.0144. The summed E-state index contributed by atoms with van der Waals surface area (Å²) < 4.78 is 2.11. The molecule has 0 radical (unpaired) electrons. The monoisotopic (exact) mass is 324 g/mol. The zero-order valence-corrected chi connectivity index (χ0v) is 13.9. The van der Waals surface area contributed by atoms with Crippen LogP contribution in [0.4, 0.5) is 0 Å². The summed E-state index contributed by atoms with van der Waals surface area (Å²) in [6.07, 6.45) is 2.03. The Labute approximate surface area is 140 Å². The fraction of sp³-hybridized carbons (Fsp3) is 0.389. The van der Waals surface area contributed by atoms with E-state index in [1.165, 1.54) is 0 Å². The van der Waals surface area contributed by atoms with Crippen LogP contribution < -0.4 is 0 Å². The predicted octanol–water partition coefficient (Wildman–Crippen LogP) is 1.40. The lowest BCUT2D eigenvalue weighted by atomic mass is 9.88. The predicted molar refractivity (Wildman–Crippen MR) is 88.5 cm³/mol. The molecule has 4 rings (SSSR count). The second kappa shape index (κ2) is 5.47. The molecule has 6 nitrogen and oxygen atoms in total. The Balaban J connectivity index is 1.63. The van der Waals surface area contributed by atoms with Crippen molar-refractivity contribution in [3.8, 4) is 0 Å². The third kappa shape index (κ3) is 2.29. The molecule has 1 aromatic heterocycles. The van der Waals surface area contributed by atoms with Crippen LogP contribution in [0.3, 0.4) is 0 Å². The summed E-state index contributed by atoms with van der Waals surface area (Å²) >= 11 is 0. The van der Waals surface area contributed by atoms with Crippen molar-refractivity contribution in [3.05, 3.63) is 53.1 Å². The molecule has 1 unspecified atom stereocenters. The van der Waals surface area contributed by atoms with E-state index in [9.17, 15) is 9.59 Å². The molecule has 0 saturated heterocycles. The number of rotatable bonds is 1. The zero-order valence-electron chi connectivity index (χ0n) is 13.9. The molecular formula is C18H20N4O2. The van der Waals surface area contributed by atoms with E-state index in [-0.39, 0.29) is 17.7 Å². The van der Waals surface area contributed by atoms with Gasteiger partial charge in [0.05, 0.1) is 18.2 Å². The molecule has 0 spiro atoms. The van der Waals surface area contributed by atoms with Crippen LogP contribution in [-0.2, 0) is 17.9 Å². The first-order valence-electron chi connectivity index (χ1n) is 8.20. The number of carbonyl (C=O) groups excluding carboxylic acids is 2. The van der Waals surface area contributed by atoms with Gasteiger partial charge in [-0.2, -0.15) is 0 Å². The summed E-state index contributed by atoms with van der Waals surface area (Å²) in [7, 11) is 1.75. The number of amides is 2. The van der Waals surface area contributed by atoms with E-state index >= 15 is 0 Å². The third-order valence-corrected chi connectivity index (χ3v) is 4.90. The Morgan fingerprint density at radius 3 is 2.88 bits per heavy atom. The number of hydrogen-bond donors (Lipinski definition) is 0. The van der Waals surface area contributed by atoms with Gasteiger partial charge in [0.25, 0.3) is 5.91 Å². The molecule has 0 fully saturated rings. The van der Waals surface area contributed by atoms with Crippen molar-refractivity contribution >= 4 is 11.8 Å². The van der Waals surface area contributed by atoms with Crippen LogP contribution >= 0.6 is 0 Å². The molecule has 2 aliphatic heterocycles. The molecule has 6 heteroatoms. The largest absolute Gasteiger partial charge is 0.341 e. The van der Waals surface area contributed by atoms with Crippen molar-refractivity contribution in [2.75, 3.05) is 20.1 Å². The van der Waals surface area contributed by atoms with Crippen molar-refractivity contribution < 1.29 is 9.59 Å². The number of imidazole rings is 1. The molecule has 0 aliphatic carbocycles. The van der Waals surface area contributed by atoms with Crippen molar-refractivity contribution in [3.63, 3.8) is 0 Å². The lowest BCUT2D eigenvalue weighted by molar-refractivity contribution is -0.134. The summed E-state index contributed by atoms with van der Waals surface area (Å²) in [5.41, 5.74) is 2.46. The van der Waals surface area contributed by atoms with Crippen molar-refractivity contribution in [2.24, 2.45) is 0 Å². The van der Waals surface area contributed by atoms with Gasteiger partial charge in [-0.15, -0.1) is 0 Å². The summed E-state index contributed by atoms with van der Waals surface area (Å²) in [6, 6.07) is 7.44. The van der Waals surface area contributed by atoms with Gasteiger partial charge in [0.1, 0.15) is 5.82 Å². The Morgan fingerprint density at radius 2 is 2.04 bits per heavy atom. The molecule has 124 valence electrons. The Morgan fingerprint density at radius 1 is 1.25 bits per heavy atom. The van der Waals surface area contributed by atoms with Gasteiger partial charge in [-0.25, -0.2) is 4.98 Å². The van der Waals surface area contributed by atoms with Gasteiger partial charge < -0.3 is 14.4 Å². The smallest absolute Gasteiger partial charge is 0.253 e. The van der Waals surface area contributed by atoms with Gasteiger partial charge >= 0.3 is 0 Å². The highest BCUT2D eigenvalue weighted by atomic mass is 16.2. The lowest BCUT2D eigenvalue weighted by Crippen LogP contribution is -2.46. The lowest BCUT2D eigenvalue weighted by Gasteiger charge is -2.35. The van der Waals surface area contributed by atoms with Gasteiger partial charge in [0.2, 0.25) is 5.91 Å². The molecular weight excluding hydrogens is 304 g/mol. The maximum atomic E-state index is 13.1. The van der Waals surface area contributed by atoms with Gasteiger partial charge in [0.15, 0.2) is 0 Å². The van der Waals surface area contributed by atoms with E-state index in [4.69, 9.17) is 0 Å². The van der Waals surface area contributed by atoms with Crippen molar-refractivity contribution in [1.29, 1.82) is 0 Å². The fourth-order valence-corrected chi connectivity index (χ4v) is 3.67. The standard InChI is InChI=1S/C18H20N4O2/c1-12-9-21-7-8-22(11-16(21)19-12)18(24)15-10-20(2)17(23)14-6-4-3-5-13(14)15/h3-6,9,15H,7-8,10-11H2,1-2H3. The highest BCUT2D eigenvalue weighted by Gasteiger charge is 2.36. The minimum atomic E-state index is -0.300. The average molecular weight is 324 g/mol. The van der Waals surface area contributed by atoms with E-state index < -0.39 is 0 Å². The first-order valence-corrected chi connectivity index (χ1v) is 8.20. The van der Waals surface area contributed by atoms with Crippen LogP contribution in [0.1, 0.15) is 33.4 Å². The number of aromatic nitrogens is 2. The molecule has 0 N–H and O–H groups in total. The van der Waals surface area contributed by atoms with E-state index in [0.717, 1.165) is 23.6 Å². The highest BCUT2D eigenvalue weighted by Crippen LogP contribution is 2.30. The molecule has 2 aliphatic rings. The van der Waals surface area contributed by atoms with Crippen molar-refractivity contribution in [2.45, 2.75) is 25.9 Å². The molecule has 0 saturated carbocycles. The molecule has 1 atom stereocenters.